The summed E-state index contributed by atoms with van der Waals surface area (Å²) in [4.78, 5) is 38.1. The molecular formula is C64H116O6. The molecule has 408 valence electrons. The van der Waals surface area contributed by atoms with Gasteiger partial charge in [-0.05, 0) is 83.5 Å². The second-order valence-corrected chi connectivity index (χ2v) is 20.6. The van der Waals surface area contributed by atoms with Gasteiger partial charge in [-0.2, -0.15) is 0 Å². The molecule has 0 aliphatic carbocycles. The lowest BCUT2D eigenvalue weighted by atomic mass is 10.0. The molecule has 0 saturated heterocycles. The fourth-order valence-corrected chi connectivity index (χ4v) is 8.92. The van der Waals surface area contributed by atoms with Gasteiger partial charge in [-0.25, -0.2) is 0 Å². The van der Waals surface area contributed by atoms with Gasteiger partial charge in [0.1, 0.15) is 13.2 Å². The lowest BCUT2D eigenvalue weighted by molar-refractivity contribution is -0.167. The zero-order valence-corrected chi connectivity index (χ0v) is 46.8. The van der Waals surface area contributed by atoms with Gasteiger partial charge in [0.25, 0.3) is 0 Å². The van der Waals surface area contributed by atoms with E-state index in [2.05, 4.69) is 69.4 Å². The van der Waals surface area contributed by atoms with Crippen molar-refractivity contribution in [3.05, 3.63) is 48.6 Å². The van der Waals surface area contributed by atoms with Crippen LogP contribution in [0, 0.1) is 0 Å². The van der Waals surface area contributed by atoms with Crippen LogP contribution in [-0.4, -0.2) is 37.2 Å². The number of esters is 3. The maximum Gasteiger partial charge on any atom is 0.306 e. The van der Waals surface area contributed by atoms with Gasteiger partial charge in [0.05, 0.1) is 0 Å². The Labute approximate surface area is 435 Å². The average molecular weight is 982 g/mol. The summed E-state index contributed by atoms with van der Waals surface area (Å²) in [6.45, 7) is 6.63. The summed E-state index contributed by atoms with van der Waals surface area (Å²) in [6.07, 6.45) is 72.6. The molecule has 0 saturated carbocycles. The average Bonchev–Trinajstić information content (AvgIpc) is 3.36. The summed E-state index contributed by atoms with van der Waals surface area (Å²) < 4.78 is 16.9. The second kappa shape index (κ2) is 58.9. The lowest BCUT2D eigenvalue weighted by Gasteiger charge is -2.18. The van der Waals surface area contributed by atoms with Crippen molar-refractivity contribution in [2.75, 3.05) is 13.2 Å². The van der Waals surface area contributed by atoms with Crippen LogP contribution in [0.1, 0.15) is 323 Å². The molecule has 70 heavy (non-hydrogen) atoms. The molecule has 0 aliphatic rings. The number of rotatable bonds is 56. The van der Waals surface area contributed by atoms with Gasteiger partial charge in [0.2, 0.25) is 0 Å². The highest BCUT2D eigenvalue weighted by atomic mass is 16.6. The van der Waals surface area contributed by atoms with E-state index in [4.69, 9.17) is 14.2 Å². The predicted octanol–water partition coefficient (Wildman–Crippen LogP) is 20.6. The molecule has 0 heterocycles. The minimum absolute atomic E-state index is 0.0733. The molecule has 0 amide bonds. The highest BCUT2D eigenvalue weighted by Gasteiger charge is 2.19. The molecule has 0 aromatic heterocycles. The SMILES string of the molecule is CCCCCC/C=C\CCCCCCCC(=O)OC(COC(=O)CCCCCCCCCCCCCC)COC(=O)CCCCCCCCCCCCCC/C=C\C/C=C\C/C=C\CCCCCCC. The van der Waals surface area contributed by atoms with Crippen LogP contribution in [-0.2, 0) is 28.6 Å². The molecule has 0 aromatic rings. The van der Waals surface area contributed by atoms with E-state index in [1.807, 2.05) is 0 Å². The molecule has 0 bridgehead atoms. The smallest absolute Gasteiger partial charge is 0.306 e. The third kappa shape index (κ3) is 56.3. The van der Waals surface area contributed by atoms with Gasteiger partial charge in [-0.1, -0.05) is 268 Å². The molecule has 0 rings (SSSR count). The first-order valence-corrected chi connectivity index (χ1v) is 30.6. The quantitative estimate of drug-likeness (QED) is 0.0261. The van der Waals surface area contributed by atoms with Crippen LogP contribution in [0.5, 0.6) is 0 Å². The summed E-state index contributed by atoms with van der Waals surface area (Å²) >= 11 is 0. The summed E-state index contributed by atoms with van der Waals surface area (Å²) in [5.41, 5.74) is 0. The summed E-state index contributed by atoms with van der Waals surface area (Å²) in [7, 11) is 0. The molecule has 0 spiro atoms. The number of hydrogen-bond acceptors (Lipinski definition) is 6. The summed E-state index contributed by atoms with van der Waals surface area (Å²) in [5.74, 6) is -0.869. The van der Waals surface area contributed by atoms with Gasteiger partial charge < -0.3 is 14.2 Å². The largest absolute Gasteiger partial charge is 0.462 e. The Hall–Kier alpha value is -2.63. The van der Waals surface area contributed by atoms with Crippen LogP contribution in [0.2, 0.25) is 0 Å². The molecule has 6 nitrogen and oxygen atoms in total. The Balaban J connectivity index is 4.20. The van der Waals surface area contributed by atoms with Crippen LogP contribution >= 0.6 is 0 Å². The molecular weight excluding hydrogens is 865 g/mol. The van der Waals surface area contributed by atoms with Crippen molar-refractivity contribution >= 4 is 17.9 Å². The van der Waals surface area contributed by atoms with Crippen molar-refractivity contribution in [1.82, 2.24) is 0 Å². The van der Waals surface area contributed by atoms with E-state index >= 15 is 0 Å². The van der Waals surface area contributed by atoms with Crippen molar-refractivity contribution < 1.29 is 28.6 Å². The maximum atomic E-state index is 12.8. The topological polar surface area (TPSA) is 78.9 Å². The zero-order chi connectivity index (χ0) is 50.7. The van der Waals surface area contributed by atoms with E-state index in [0.717, 1.165) is 77.0 Å². The Morgan fingerprint density at radius 2 is 0.514 bits per heavy atom. The molecule has 0 aliphatic heterocycles. The molecule has 0 radical (unpaired) electrons. The first-order chi connectivity index (χ1) is 34.5. The number of hydrogen-bond donors (Lipinski definition) is 0. The van der Waals surface area contributed by atoms with E-state index < -0.39 is 6.10 Å². The predicted molar refractivity (Wildman–Crippen MR) is 302 cm³/mol. The lowest BCUT2D eigenvalue weighted by Crippen LogP contribution is -2.30. The molecule has 0 aromatic carbocycles. The number of ether oxygens (including phenoxy) is 3. The fraction of sp³-hybridized carbons (Fsp3) is 0.828. The van der Waals surface area contributed by atoms with Crippen molar-refractivity contribution in [2.24, 2.45) is 0 Å². The van der Waals surface area contributed by atoms with Gasteiger partial charge >= 0.3 is 17.9 Å². The standard InChI is InChI=1S/C64H116O6/c1-4-7-10-13-16-19-22-25-26-27-28-29-30-31-32-33-34-35-36-37-38-40-42-45-48-51-54-57-63(66)69-60-61(59-68-62(65)56-53-50-47-44-41-24-21-18-15-12-9-6-3)70-64(67)58-55-52-49-46-43-39-23-20-17-14-11-8-5-2/h20,22-23,25,27-28,30-31,61H,4-19,21,24,26,29,32-60H2,1-3H3/b23-20-,25-22-,28-27-,31-30-. The fourth-order valence-electron chi connectivity index (χ4n) is 8.92. The van der Waals surface area contributed by atoms with Crippen molar-refractivity contribution in [3.63, 3.8) is 0 Å². The third-order valence-electron chi connectivity index (χ3n) is 13.6. The Morgan fingerprint density at radius 1 is 0.286 bits per heavy atom. The molecule has 0 N–H and O–H groups in total. The number of allylic oxidation sites excluding steroid dienone is 8. The highest BCUT2D eigenvalue weighted by Crippen LogP contribution is 2.16. The van der Waals surface area contributed by atoms with Crippen LogP contribution < -0.4 is 0 Å². The van der Waals surface area contributed by atoms with E-state index in [0.29, 0.717) is 19.3 Å². The normalized spacial score (nSPS) is 12.3. The van der Waals surface area contributed by atoms with E-state index in [9.17, 15) is 14.4 Å². The van der Waals surface area contributed by atoms with E-state index in [1.54, 1.807) is 0 Å². The Kier molecular flexibility index (Phi) is 56.7. The first kappa shape index (κ1) is 67.4. The zero-order valence-electron chi connectivity index (χ0n) is 46.8. The highest BCUT2D eigenvalue weighted by molar-refractivity contribution is 5.71. The van der Waals surface area contributed by atoms with Crippen LogP contribution in [0.25, 0.3) is 0 Å². The third-order valence-corrected chi connectivity index (χ3v) is 13.6. The first-order valence-electron chi connectivity index (χ1n) is 30.6. The Morgan fingerprint density at radius 3 is 0.829 bits per heavy atom. The van der Waals surface area contributed by atoms with Gasteiger partial charge in [0, 0.05) is 19.3 Å². The van der Waals surface area contributed by atoms with Crippen molar-refractivity contribution in [3.8, 4) is 0 Å². The number of unbranched alkanes of at least 4 members (excludes halogenated alkanes) is 37. The van der Waals surface area contributed by atoms with Gasteiger partial charge in [0.15, 0.2) is 6.10 Å². The van der Waals surface area contributed by atoms with Crippen LogP contribution in [0.3, 0.4) is 0 Å². The minimum atomic E-state index is -0.775. The minimum Gasteiger partial charge on any atom is -0.462 e. The van der Waals surface area contributed by atoms with Crippen molar-refractivity contribution in [2.45, 2.75) is 329 Å². The van der Waals surface area contributed by atoms with E-state index in [-0.39, 0.29) is 31.1 Å². The Bertz CT molecular complexity index is 1220. The van der Waals surface area contributed by atoms with Gasteiger partial charge in [-0.15, -0.1) is 0 Å². The maximum absolute atomic E-state index is 12.8. The molecule has 0 fully saturated rings. The molecule has 6 heteroatoms. The molecule has 1 unspecified atom stereocenters. The van der Waals surface area contributed by atoms with Gasteiger partial charge in [-0.3, -0.25) is 14.4 Å². The van der Waals surface area contributed by atoms with Crippen LogP contribution in [0.4, 0.5) is 0 Å². The van der Waals surface area contributed by atoms with E-state index in [1.165, 1.54) is 205 Å². The number of carbonyl (C=O) groups excluding carboxylic acids is 3. The summed E-state index contributed by atoms with van der Waals surface area (Å²) in [6, 6.07) is 0. The van der Waals surface area contributed by atoms with Crippen LogP contribution in [0.15, 0.2) is 48.6 Å². The number of carbonyl (C=O) groups is 3. The second-order valence-electron chi connectivity index (χ2n) is 20.6. The monoisotopic (exact) mass is 981 g/mol. The molecule has 1 atom stereocenters. The van der Waals surface area contributed by atoms with Crippen molar-refractivity contribution in [1.29, 1.82) is 0 Å². The summed E-state index contributed by atoms with van der Waals surface area (Å²) in [5, 5.41) is 0.